The normalized spacial score (nSPS) is 11.2. The Morgan fingerprint density at radius 2 is 2.12 bits per heavy atom. The van der Waals surface area contributed by atoms with Crippen LogP contribution in [0.15, 0.2) is 18.2 Å². The van der Waals surface area contributed by atoms with E-state index in [0.717, 1.165) is 0 Å². The quantitative estimate of drug-likeness (QED) is 0.857. The molecule has 1 aromatic carbocycles. The molecule has 1 N–H and O–H groups in total. The molecular formula is C12H15FO3. The van der Waals surface area contributed by atoms with Crippen molar-refractivity contribution < 1.29 is 19.0 Å². The monoisotopic (exact) mass is 226 g/mol. The predicted molar refractivity (Wildman–Crippen MR) is 58.1 cm³/mol. The lowest BCUT2D eigenvalue weighted by Crippen LogP contribution is -2.26. The first-order chi connectivity index (χ1) is 7.36. The first-order valence-corrected chi connectivity index (χ1v) is 4.92. The summed E-state index contributed by atoms with van der Waals surface area (Å²) in [4.78, 5) is 11.0. The lowest BCUT2D eigenvalue weighted by molar-refractivity contribution is -0.146. The predicted octanol–water partition coefficient (Wildman–Crippen LogP) is 2.49. The van der Waals surface area contributed by atoms with Gasteiger partial charge in [0.2, 0.25) is 0 Å². The second kappa shape index (κ2) is 4.51. The number of carbonyl (C=O) groups is 1. The first kappa shape index (κ1) is 12.5. The molecule has 0 aromatic heterocycles. The number of hydrogen-bond donors (Lipinski definition) is 1. The Bertz CT molecular complexity index is 399. The number of aliphatic carboxylic acids is 1. The molecule has 0 radical (unpaired) electrons. The molecule has 0 saturated heterocycles. The third kappa shape index (κ3) is 2.72. The standard InChI is InChI=1S/C12H15FO3/c1-12(2,11(14)15)7-8-4-5-9(13)6-10(8)16-3/h4-6H,7H2,1-3H3,(H,14,15). The number of halogens is 1. The average molecular weight is 226 g/mol. The molecule has 0 aliphatic heterocycles. The fourth-order valence-corrected chi connectivity index (χ4v) is 1.42. The minimum Gasteiger partial charge on any atom is -0.496 e. The van der Waals surface area contributed by atoms with Crippen molar-refractivity contribution in [3.05, 3.63) is 29.6 Å². The smallest absolute Gasteiger partial charge is 0.309 e. The molecular weight excluding hydrogens is 211 g/mol. The first-order valence-electron chi connectivity index (χ1n) is 4.92. The molecule has 0 spiro atoms. The van der Waals surface area contributed by atoms with Crippen molar-refractivity contribution in [2.24, 2.45) is 5.41 Å². The minimum atomic E-state index is -0.898. The molecule has 1 aromatic rings. The van der Waals surface area contributed by atoms with Crippen LogP contribution in [0.2, 0.25) is 0 Å². The molecule has 4 heteroatoms. The molecule has 0 atom stereocenters. The Morgan fingerprint density at radius 1 is 1.50 bits per heavy atom. The van der Waals surface area contributed by atoms with E-state index in [9.17, 15) is 9.18 Å². The highest BCUT2D eigenvalue weighted by Crippen LogP contribution is 2.28. The minimum absolute atomic E-state index is 0.297. The van der Waals surface area contributed by atoms with Gasteiger partial charge in [-0.1, -0.05) is 6.07 Å². The summed E-state index contributed by atoms with van der Waals surface area (Å²) in [7, 11) is 1.44. The van der Waals surface area contributed by atoms with Gasteiger partial charge in [0.05, 0.1) is 12.5 Å². The Hall–Kier alpha value is -1.58. The van der Waals surface area contributed by atoms with Gasteiger partial charge in [-0.05, 0) is 31.9 Å². The largest absolute Gasteiger partial charge is 0.496 e. The van der Waals surface area contributed by atoms with E-state index in [1.807, 2.05) is 0 Å². The molecule has 0 saturated carbocycles. The van der Waals surface area contributed by atoms with Crippen LogP contribution in [0.3, 0.4) is 0 Å². The van der Waals surface area contributed by atoms with E-state index in [4.69, 9.17) is 9.84 Å². The van der Waals surface area contributed by atoms with Crippen molar-refractivity contribution in [1.29, 1.82) is 0 Å². The number of carboxylic acid groups (broad SMARTS) is 1. The van der Waals surface area contributed by atoms with Crippen LogP contribution < -0.4 is 4.74 Å². The Labute approximate surface area is 93.9 Å². The van der Waals surface area contributed by atoms with Crippen molar-refractivity contribution in [1.82, 2.24) is 0 Å². The van der Waals surface area contributed by atoms with E-state index in [2.05, 4.69) is 0 Å². The van der Waals surface area contributed by atoms with E-state index in [1.165, 1.54) is 19.2 Å². The summed E-state index contributed by atoms with van der Waals surface area (Å²) in [6, 6.07) is 4.11. The van der Waals surface area contributed by atoms with Crippen molar-refractivity contribution >= 4 is 5.97 Å². The third-order valence-corrected chi connectivity index (χ3v) is 2.46. The Balaban J connectivity index is 3.01. The molecule has 0 fully saturated rings. The van der Waals surface area contributed by atoms with Crippen LogP contribution in [0.5, 0.6) is 5.75 Å². The second-order valence-electron chi connectivity index (χ2n) is 4.32. The van der Waals surface area contributed by atoms with Crippen molar-refractivity contribution in [3.63, 3.8) is 0 Å². The average Bonchev–Trinajstić information content (AvgIpc) is 2.20. The molecule has 0 aliphatic carbocycles. The van der Waals surface area contributed by atoms with Gasteiger partial charge in [-0.15, -0.1) is 0 Å². The summed E-state index contributed by atoms with van der Waals surface area (Å²) in [5, 5.41) is 9.01. The fraction of sp³-hybridized carbons (Fsp3) is 0.417. The summed E-state index contributed by atoms with van der Waals surface area (Å²) >= 11 is 0. The van der Waals surface area contributed by atoms with Crippen LogP contribution in [-0.4, -0.2) is 18.2 Å². The maximum absolute atomic E-state index is 12.9. The number of carboxylic acids is 1. The number of ether oxygens (including phenoxy) is 1. The van der Waals surface area contributed by atoms with Gasteiger partial charge in [-0.3, -0.25) is 4.79 Å². The van der Waals surface area contributed by atoms with Crippen molar-refractivity contribution in [2.75, 3.05) is 7.11 Å². The number of hydrogen-bond acceptors (Lipinski definition) is 2. The van der Waals surface area contributed by atoms with Crippen molar-refractivity contribution in [2.45, 2.75) is 20.3 Å². The maximum atomic E-state index is 12.9. The SMILES string of the molecule is COc1cc(F)ccc1CC(C)(C)C(=O)O. The van der Waals surface area contributed by atoms with Crippen LogP contribution >= 0.6 is 0 Å². The van der Waals surface area contributed by atoms with Gasteiger partial charge in [0.15, 0.2) is 0 Å². The van der Waals surface area contributed by atoms with Gasteiger partial charge >= 0.3 is 5.97 Å². The van der Waals surface area contributed by atoms with Gasteiger partial charge in [-0.25, -0.2) is 4.39 Å². The highest BCUT2D eigenvalue weighted by molar-refractivity contribution is 5.74. The summed E-state index contributed by atoms with van der Waals surface area (Å²) in [6.45, 7) is 3.25. The van der Waals surface area contributed by atoms with Crippen molar-refractivity contribution in [3.8, 4) is 5.75 Å². The molecule has 0 heterocycles. The topological polar surface area (TPSA) is 46.5 Å². The number of methoxy groups -OCH3 is 1. The van der Waals surface area contributed by atoms with Crippen LogP contribution in [0.1, 0.15) is 19.4 Å². The van der Waals surface area contributed by atoms with Gasteiger partial charge in [0, 0.05) is 6.07 Å². The molecule has 88 valence electrons. The summed E-state index contributed by atoms with van der Waals surface area (Å²) in [5.41, 5.74) is -0.207. The van der Waals surface area contributed by atoms with Crippen LogP contribution in [-0.2, 0) is 11.2 Å². The van der Waals surface area contributed by atoms with E-state index < -0.39 is 17.2 Å². The summed E-state index contributed by atoms with van der Waals surface area (Å²) in [5.74, 6) is -0.901. The van der Waals surface area contributed by atoms with Crippen LogP contribution in [0, 0.1) is 11.2 Å². The Morgan fingerprint density at radius 3 is 2.62 bits per heavy atom. The fourth-order valence-electron chi connectivity index (χ4n) is 1.42. The highest BCUT2D eigenvalue weighted by atomic mass is 19.1. The molecule has 16 heavy (non-hydrogen) atoms. The van der Waals surface area contributed by atoms with E-state index in [0.29, 0.717) is 17.7 Å². The zero-order chi connectivity index (χ0) is 12.3. The highest BCUT2D eigenvalue weighted by Gasteiger charge is 2.28. The van der Waals surface area contributed by atoms with E-state index in [-0.39, 0.29) is 0 Å². The molecule has 0 unspecified atom stereocenters. The third-order valence-electron chi connectivity index (χ3n) is 2.46. The molecule has 0 bridgehead atoms. The lowest BCUT2D eigenvalue weighted by Gasteiger charge is -2.20. The van der Waals surface area contributed by atoms with Crippen LogP contribution in [0.4, 0.5) is 4.39 Å². The zero-order valence-electron chi connectivity index (χ0n) is 9.58. The molecule has 1 rings (SSSR count). The summed E-state index contributed by atoms with van der Waals surface area (Å²) < 4.78 is 17.9. The molecule has 0 aliphatic rings. The van der Waals surface area contributed by atoms with Gasteiger partial charge in [0.1, 0.15) is 11.6 Å². The van der Waals surface area contributed by atoms with E-state index >= 15 is 0 Å². The van der Waals surface area contributed by atoms with E-state index in [1.54, 1.807) is 19.9 Å². The summed E-state index contributed by atoms with van der Waals surface area (Å²) in [6.07, 6.45) is 0.297. The molecule has 3 nitrogen and oxygen atoms in total. The maximum Gasteiger partial charge on any atom is 0.309 e. The van der Waals surface area contributed by atoms with Gasteiger partial charge in [-0.2, -0.15) is 0 Å². The van der Waals surface area contributed by atoms with Crippen LogP contribution in [0.25, 0.3) is 0 Å². The lowest BCUT2D eigenvalue weighted by atomic mass is 9.85. The number of benzene rings is 1. The zero-order valence-corrected chi connectivity index (χ0v) is 9.58. The number of rotatable bonds is 4. The second-order valence-corrected chi connectivity index (χ2v) is 4.32. The van der Waals surface area contributed by atoms with Gasteiger partial charge < -0.3 is 9.84 Å². The molecule has 0 amide bonds. The van der Waals surface area contributed by atoms with Gasteiger partial charge in [0.25, 0.3) is 0 Å². The Kier molecular flexibility index (Phi) is 3.52.